The van der Waals surface area contributed by atoms with Crippen molar-refractivity contribution < 1.29 is 24.5 Å². The number of fused-ring (bicyclic) bond motifs is 1. The van der Waals surface area contributed by atoms with Crippen LogP contribution in [-0.2, 0) is 9.59 Å². The Morgan fingerprint density at radius 1 is 1.20 bits per heavy atom. The number of rotatable bonds is 9. The first-order valence-electron chi connectivity index (χ1n) is 10.7. The van der Waals surface area contributed by atoms with Crippen LogP contribution in [-0.4, -0.2) is 34.2 Å². The zero-order chi connectivity index (χ0) is 21.5. The summed E-state index contributed by atoms with van der Waals surface area (Å²) >= 11 is 0. The van der Waals surface area contributed by atoms with Crippen molar-refractivity contribution >= 4 is 22.5 Å². The predicted octanol–water partition coefficient (Wildman–Crippen LogP) is 4.20. The third-order valence-corrected chi connectivity index (χ3v) is 5.73. The summed E-state index contributed by atoms with van der Waals surface area (Å²) in [5.41, 5.74) is 0. The zero-order valence-corrected chi connectivity index (χ0v) is 17.4. The van der Waals surface area contributed by atoms with Crippen LogP contribution in [0.4, 0.5) is 0 Å². The number of unbranched alkanes of at least 4 members (excludes halogenated alkanes) is 2. The van der Waals surface area contributed by atoms with Crippen LogP contribution in [0, 0.1) is 11.8 Å². The van der Waals surface area contributed by atoms with Gasteiger partial charge in [-0.2, -0.15) is 0 Å². The Bertz CT molecular complexity index is 903. The Morgan fingerprint density at radius 2 is 1.97 bits per heavy atom. The van der Waals surface area contributed by atoms with Gasteiger partial charge < -0.3 is 14.9 Å². The summed E-state index contributed by atoms with van der Waals surface area (Å²) in [6.45, 7) is 2.10. The molecule has 0 spiro atoms. The van der Waals surface area contributed by atoms with Crippen molar-refractivity contribution in [3.8, 4) is 5.75 Å². The fourth-order valence-corrected chi connectivity index (χ4v) is 4.03. The van der Waals surface area contributed by atoms with Gasteiger partial charge in [-0.05, 0) is 29.3 Å². The van der Waals surface area contributed by atoms with Gasteiger partial charge in [0.1, 0.15) is 11.5 Å². The standard InChI is InChI=1S/C25H30O5/c1-2-3-4-9-19(26)11-13-21-22(24(28)16-23(21)27)15-25(29)30-20-12-10-17-7-5-6-8-18(17)14-20/h5-8,10-14,19,21-23,26-27H,2-4,9,15-16H2,1H3/b13-11+/t19-,21+,22+,23+/m0/s1. The summed E-state index contributed by atoms with van der Waals surface area (Å²) in [5.74, 6) is -1.33. The predicted molar refractivity (Wildman–Crippen MR) is 116 cm³/mol. The molecule has 0 aromatic heterocycles. The molecule has 30 heavy (non-hydrogen) atoms. The summed E-state index contributed by atoms with van der Waals surface area (Å²) in [5, 5.41) is 22.4. The molecule has 1 saturated carbocycles. The number of hydrogen-bond donors (Lipinski definition) is 2. The van der Waals surface area contributed by atoms with Crippen LogP contribution in [0.5, 0.6) is 5.75 Å². The first-order valence-corrected chi connectivity index (χ1v) is 10.7. The summed E-state index contributed by atoms with van der Waals surface area (Å²) < 4.78 is 5.46. The maximum atomic E-state index is 12.5. The van der Waals surface area contributed by atoms with E-state index in [1.54, 1.807) is 24.3 Å². The van der Waals surface area contributed by atoms with Crippen molar-refractivity contribution in [1.29, 1.82) is 0 Å². The molecule has 1 aliphatic rings. The molecule has 1 fully saturated rings. The van der Waals surface area contributed by atoms with Crippen molar-refractivity contribution in [2.45, 2.75) is 57.7 Å². The van der Waals surface area contributed by atoms with Crippen molar-refractivity contribution in [2.75, 3.05) is 0 Å². The van der Waals surface area contributed by atoms with E-state index in [1.807, 2.05) is 30.3 Å². The van der Waals surface area contributed by atoms with Gasteiger partial charge in [0.05, 0.1) is 18.6 Å². The van der Waals surface area contributed by atoms with Gasteiger partial charge in [0.15, 0.2) is 0 Å². The molecule has 1 aliphatic carbocycles. The largest absolute Gasteiger partial charge is 0.426 e. The molecule has 160 valence electrons. The van der Waals surface area contributed by atoms with Gasteiger partial charge in [-0.3, -0.25) is 9.59 Å². The number of aliphatic hydroxyl groups is 2. The molecule has 3 rings (SSSR count). The molecular formula is C25H30O5. The van der Waals surface area contributed by atoms with Gasteiger partial charge in [-0.25, -0.2) is 0 Å². The fraction of sp³-hybridized carbons (Fsp3) is 0.440. The van der Waals surface area contributed by atoms with Gasteiger partial charge in [-0.15, -0.1) is 0 Å². The Morgan fingerprint density at radius 3 is 2.73 bits per heavy atom. The average Bonchev–Trinajstić information content (AvgIpc) is 2.98. The van der Waals surface area contributed by atoms with Gasteiger partial charge in [-0.1, -0.05) is 68.7 Å². The van der Waals surface area contributed by atoms with E-state index < -0.39 is 30.0 Å². The van der Waals surface area contributed by atoms with Gasteiger partial charge in [0, 0.05) is 18.3 Å². The smallest absolute Gasteiger partial charge is 0.311 e. The third kappa shape index (κ3) is 5.77. The van der Waals surface area contributed by atoms with E-state index in [0.717, 1.165) is 30.0 Å². The van der Waals surface area contributed by atoms with Crippen LogP contribution in [0.1, 0.15) is 45.4 Å². The Kier molecular flexibility index (Phi) is 7.77. The highest BCUT2D eigenvalue weighted by atomic mass is 16.5. The molecule has 0 unspecified atom stereocenters. The van der Waals surface area contributed by atoms with Crippen LogP contribution in [0.25, 0.3) is 10.8 Å². The third-order valence-electron chi connectivity index (χ3n) is 5.73. The van der Waals surface area contributed by atoms with Crippen LogP contribution in [0.2, 0.25) is 0 Å². The van der Waals surface area contributed by atoms with E-state index in [4.69, 9.17) is 4.74 Å². The second-order valence-electron chi connectivity index (χ2n) is 8.06. The quantitative estimate of drug-likeness (QED) is 0.280. The first-order chi connectivity index (χ1) is 14.5. The van der Waals surface area contributed by atoms with Crippen LogP contribution in [0.3, 0.4) is 0 Å². The van der Waals surface area contributed by atoms with E-state index in [-0.39, 0.29) is 18.6 Å². The topological polar surface area (TPSA) is 83.8 Å². The van der Waals surface area contributed by atoms with Crippen LogP contribution < -0.4 is 4.74 Å². The van der Waals surface area contributed by atoms with E-state index >= 15 is 0 Å². The molecule has 0 heterocycles. The number of ether oxygens (including phenoxy) is 1. The highest BCUT2D eigenvalue weighted by molar-refractivity contribution is 5.89. The average molecular weight is 411 g/mol. The molecule has 2 aromatic rings. The lowest BCUT2D eigenvalue weighted by Crippen LogP contribution is -2.24. The van der Waals surface area contributed by atoms with Gasteiger partial charge in [0.25, 0.3) is 0 Å². The molecule has 2 aromatic carbocycles. The molecular weight excluding hydrogens is 380 g/mol. The zero-order valence-electron chi connectivity index (χ0n) is 17.4. The molecule has 2 N–H and O–H groups in total. The number of hydrogen-bond acceptors (Lipinski definition) is 5. The van der Waals surface area contributed by atoms with Gasteiger partial charge in [0.2, 0.25) is 0 Å². The highest BCUT2D eigenvalue weighted by Gasteiger charge is 2.41. The summed E-state index contributed by atoms with van der Waals surface area (Å²) in [4.78, 5) is 24.8. The molecule has 0 radical (unpaired) electrons. The molecule has 0 aliphatic heterocycles. The fourth-order valence-electron chi connectivity index (χ4n) is 4.03. The SMILES string of the molecule is CCCCC[C@H](O)/C=C/[C@H]1[C@H](O)CC(=O)[C@@H]1CC(=O)Oc1ccc2ccccc2c1. The molecule has 0 amide bonds. The second-order valence-corrected chi connectivity index (χ2v) is 8.06. The minimum absolute atomic E-state index is 0.0227. The minimum atomic E-state index is -0.838. The molecule has 0 bridgehead atoms. The van der Waals surface area contributed by atoms with Crippen molar-refractivity contribution in [2.24, 2.45) is 11.8 Å². The van der Waals surface area contributed by atoms with Gasteiger partial charge >= 0.3 is 5.97 Å². The van der Waals surface area contributed by atoms with Crippen molar-refractivity contribution in [3.05, 3.63) is 54.6 Å². The minimum Gasteiger partial charge on any atom is -0.426 e. The Hall–Kier alpha value is -2.50. The summed E-state index contributed by atoms with van der Waals surface area (Å²) in [7, 11) is 0. The number of esters is 1. The van der Waals surface area contributed by atoms with E-state index in [0.29, 0.717) is 12.2 Å². The summed E-state index contributed by atoms with van der Waals surface area (Å²) in [6.07, 6.45) is 5.53. The number of carbonyl (C=O) groups is 2. The van der Waals surface area contributed by atoms with Crippen LogP contribution in [0.15, 0.2) is 54.6 Å². The molecule has 5 nitrogen and oxygen atoms in total. The van der Waals surface area contributed by atoms with E-state index in [1.165, 1.54) is 0 Å². The monoisotopic (exact) mass is 410 g/mol. The van der Waals surface area contributed by atoms with Crippen molar-refractivity contribution in [3.63, 3.8) is 0 Å². The second kappa shape index (κ2) is 10.5. The number of benzene rings is 2. The molecule has 0 saturated heterocycles. The Balaban J connectivity index is 1.61. The molecule has 4 atom stereocenters. The Labute approximate surface area is 177 Å². The number of ketones is 1. The normalized spacial score (nSPS) is 22.6. The van der Waals surface area contributed by atoms with E-state index in [2.05, 4.69) is 6.92 Å². The lowest BCUT2D eigenvalue weighted by Gasteiger charge is -2.17. The number of carbonyl (C=O) groups excluding carboxylic acids is 2. The van der Waals surface area contributed by atoms with Crippen LogP contribution >= 0.6 is 0 Å². The number of Topliss-reactive ketones (excluding diaryl/α,β-unsaturated/α-hetero) is 1. The lowest BCUT2D eigenvalue weighted by atomic mass is 9.90. The molecule has 5 heteroatoms. The lowest BCUT2D eigenvalue weighted by molar-refractivity contribution is -0.138. The van der Waals surface area contributed by atoms with Crippen molar-refractivity contribution in [1.82, 2.24) is 0 Å². The first kappa shape index (κ1) is 22.2. The van der Waals surface area contributed by atoms with E-state index in [9.17, 15) is 19.8 Å². The highest BCUT2D eigenvalue weighted by Crippen LogP contribution is 2.33. The number of aliphatic hydroxyl groups excluding tert-OH is 2. The maximum Gasteiger partial charge on any atom is 0.311 e. The maximum absolute atomic E-state index is 12.5. The summed E-state index contributed by atoms with van der Waals surface area (Å²) in [6, 6.07) is 13.2.